The molecular formula is C13H15Br2F3N2O. The zero-order valence-corrected chi connectivity index (χ0v) is 14.2. The van der Waals surface area contributed by atoms with Crippen molar-refractivity contribution in [3.05, 3.63) is 26.6 Å². The fraction of sp³-hybridized carbons (Fsp3) is 0.538. The quantitative estimate of drug-likeness (QED) is 0.763. The lowest BCUT2D eigenvalue weighted by atomic mass is 10.00. The van der Waals surface area contributed by atoms with Gasteiger partial charge in [-0.2, -0.15) is 13.2 Å². The van der Waals surface area contributed by atoms with Gasteiger partial charge in [0.25, 0.3) is 0 Å². The summed E-state index contributed by atoms with van der Waals surface area (Å²) in [5.74, 6) is -0.133. The van der Waals surface area contributed by atoms with Crippen LogP contribution in [0.25, 0.3) is 0 Å². The number of phenolic OH excluding ortho intramolecular Hbond substituents is 1. The molecule has 0 radical (unpaired) electrons. The zero-order valence-electron chi connectivity index (χ0n) is 11.1. The van der Waals surface area contributed by atoms with Crippen LogP contribution in [0.15, 0.2) is 21.1 Å². The fourth-order valence-corrected chi connectivity index (χ4v) is 3.75. The van der Waals surface area contributed by atoms with Crippen molar-refractivity contribution in [3.8, 4) is 5.75 Å². The molecule has 1 aromatic carbocycles. The van der Waals surface area contributed by atoms with E-state index >= 15 is 0 Å². The topological polar surface area (TPSA) is 35.5 Å². The second kappa shape index (κ2) is 6.85. The van der Waals surface area contributed by atoms with E-state index in [1.54, 1.807) is 17.0 Å². The lowest BCUT2D eigenvalue weighted by Gasteiger charge is -2.36. The van der Waals surface area contributed by atoms with Crippen molar-refractivity contribution in [1.82, 2.24) is 10.2 Å². The second-order valence-corrected chi connectivity index (χ2v) is 6.72. The molecule has 1 atom stereocenters. The number of alkyl halides is 3. The van der Waals surface area contributed by atoms with Gasteiger partial charge in [0.05, 0.1) is 10.9 Å². The molecule has 0 spiro atoms. The second-order valence-electron chi connectivity index (χ2n) is 4.95. The van der Waals surface area contributed by atoms with Crippen molar-refractivity contribution < 1.29 is 18.3 Å². The molecule has 1 aliphatic rings. The summed E-state index contributed by atoms with van der Waals surface area (Å²) >= 11 is 6.44. The molecule has 0 amide bonds. The SMILES string of the molecule is Oc1c(Br)cc(Br)cc1[C@H](CC(F)(F)F)N1CCNCC1. The predicted octanol–water partition coefficient (Wildman–Crippen LogP) is 3.82. The van der Waals surface area contributed by atoms with E-state index in [-0.39, 0.29) is 11.3 Å². The van der Waals surface area contributed by atoms with Crippen LogP contribution in [0.4, 0.5) is 13.2 Å². The monoisotopic (exact) mass is 430 g/mol. The third kappa shape index (κ3) is 4.58. The molecule has 2 rings (SSSR count). The molecule has 8 heteroatoms. The molecule has 0 unspecified atom stereocenters. The van der Waals surface area contributed by atoms with Gasteiger partial charge in [0.2, 0.25) is 0 Å². The predicted molar refractivity (Wildman–Crippen MR) is 81.4 cm³/mol. The molecule has 0 bridgehead atoms. The van der Waals surface area contributed by atoms with E-state index in [9.17, 15) is 18.3 Å². The first-order valence-corrected chi connectivity index (χ1v) is 8.06. The largest absolute Gasteiger partial charge is 0.506 e. The standard InChI is InChI=1S/C13H15Br2F3N2O/c14-8-5-9(12(21)10(15)6-8)11(7-13(16,17)18)20-3-1-19-2-4-20/h5-6,11,19,21H,1-4,7H2/t11-/m0/s1. The summed E-state index contributed by atoms with van der Waals surface area (Å²) in [5, 5.41) is 13.3. The van der Waals surface area contributed by atoms with Gasteiger partial charge in [-0.1, -0.05) is 15.9 Å². The van der Waals surface area contributed by atoms with Gasteiger partial charge in [0.15, 0.2) is 0 Å². The maximum Gasteiger partial charge on any atom is 0.390 e. The molecule has 1 saturated heterocycles. The number of piperazine rings is 1. The van der Waals surface area contributed by atoms with E-state index in [2.05, 4.69) is 37.2 Å². The number of halogens is 5. The van der Waals surface area contributed by atoms with Crippen molar-refractivity contribution in [2.24, 2.45) is 0 Å². The molecule has 1 aromatic rings. The Balaban J connectivity index is 2.38. The van der Waals surface area contributed by atoms with Gasteiger partial charge in [-0.3, -0.25) is 4.90 Å². The van der Waals surface area contributed by atoms with E-state index in [1.165, 1.54) is 0 Å². The van der Waals surface area contributed by atoms with E-state index < -0.39 is 18.6 Å². The van der Waals surface area contributed by atoms with Crippen LogP contribution in [0.2, 0.25) is 0 Å². The van der Waals surface area contributed by atoms with Crippen molar-refractivity contribution in [1.29, 1.82) is 0 Å². The number of benzene rings is 1. The lowest BCUT2D eigenvalue weighted by Crippen LogP contribution is -2.46. The summed E-state index contributed by atoms with van der Waals surface area (Å²) in [7, 11) is 0. The van der Waals surface area contributed by atoms with Crippen LogP contribution in [-0.4, -0.2) is 42.4 Å². The molecule has 21 heavy (non-hydrogen) atoms. The van der Waals surface area contributed by atoms with E-state index in [1.807, 2.05) is 0 Å². The van der Waals surface area contributed by atoms with Gasteiger partial charge in [0.1, 0.15) is 5.75 Å². The minimum atomic E-state index is -4.29. The number of nitrogens with zero attached hydrogens (tertiary/aromatic N) is 1. The van der Waals surface area contributed by atoms with Crippen molar-refractivity contribution in [3.63, 3.8) is 0 Å². The summed E-state index contributed by atoms with van der Waals surface area (Å²) in [6.45, 7) is 2.32. The molecule has 0 aliphatic carbocycles. The Morgan fingerprint density at radius 3 is 2.43 bits per heavy atom. The van der Waals surface area contributed by atoms with Gasteiger partial charge in [-0.05, 0) is 28.1 Å². The summed E-state index contributed by atoms with van der Waals surface area (Å²) < 4.78 is 39.8. The highest BCUT2D eigenvalue weighted by Crippen LogP contribution is 2.42. The number of nitrogens with one attached hydrogen (secondary N) is 1. The number of rotatable bonds is 3. The fourth-order valence-electron chi connectivity index (χ4n) is 2.49. The van der Waals surface area contributed by atoms with Gasteiger partial charge >= 0.3 is 6.18 Å². The number of hydrogen-bond donors (Lipinski definition) is 2. The van der Waals surface area contributed by atoms with Crippen LogP contribution in [0.5, 0.6) is 5.75 Å². The van der Waals surface area contributed by atoms with Gasteiger partial charge in [0, 0.05) is 42.3 Å². The average Bonchev–Trinajstić information content (AvgIpc) is 2.40. The molecule has 2 N–H and O–H groups in total. The first-order valence-electron chi connectivity index (χ1n) is 6.47. The summed E-state index contributed by atoms with van der Waals surface area (Å²) in [4.78, 5) is 1.76. The van der Waals surface area contributed by atoms with Gasteiger partial charge < -0.3 is 10.4 Å². The Hall–Kier alpha value is -0.310. The van der Waals surface area contributed by atoms with Crippen LogP contribution < -0.4 is 5.32 Å². The molecule has 0 aromatic heterocycles. The minimum absolute atomic E-state index is 0.133. The highest BCUT2D eigenvalue weighted by molar-refractivity contribution is 9.11. The van der Waals surface area contributed by atoms with Gasteiger partial charge in [-0.25, -0.2) is 0 Å². The zero-order chi connectivity index (χ0) is 15.6. The first kappa shape index (κ1) is 17.1. The summed E-state index contributed by atoms with van der Waals surface area (Å²) in [6, 6.07) is 2.28. The molecule has 1 heterocycles. The summed E-state index contributed by atoms with van der Waals surface area (Å²) in [5.41, 5.74) is 0.287. The Morgan fingerprint density at radius 1 is 1.24 bits per heavy atom. The molecule has 1 fully saturated rings. The minimum Gasteiger partial charge on any atom is -0.506 e. The Morgan fingerprint density at radius 2 is 1.86 bits per heavy atom. The van der Waals surface area contributed by atoms with Crippen LogP contribution in [0.1, 0.15) is 18.0 Å². The van der Waals surface area contributed by atoms with Crippen LogP contribution in [-0.2, 0) is 0 Å². The highest BCUT2D eigenvalue weighted by Gasteiger charge is 2.37. The smallest absolute Gasteiger partial charge is 0.390 e. The van der Waals surface area contributed by atoms with E-state index in [4.69, 9.17) is 0 Å². The highest BCUT2D eigenvalue weighted by atomic mass is 79.9. The first-order chi connectivity index (χ1) is 9.78. The third-order valence-corrected chi connectivity index (χ3v) is 4.50. The molecule has 0 saturated carbocycles. The molecular weight excluding hydrogens is 417 g/mol. The number of phenols is 1. The van der Waals surface area contributed by atoms with Crippen LogP contribution in [0.3, 0.4) is 0 Å². The maximum absolute atomic E-state index is 12.9. The van der Waals surface area contributed by atoms with Crippen LogP contribution in [0, 0.1) is 0 Å². The summed E-state index contributed by atoms with van der Waals surface area (Å²) in [6.07, 6.45) is -5.28. The van der Waals surface area contributed by atoms with Crippen molar-refractivity contribution >= 4 is 31.9 Å². The van der Waals surface area contributed by atoms with E-state index in [0.29, 0.717) is 35.1 Å². The molecule has 3 nitrogen and oxygen atoms in total. The molecule has 118 valence electrons. The third-order valence-electron chi connectivity index (χ3n) is 3.43. The number of aromatic hydroxyl groups is 1. The molecule has 1 aliphatic heterocycles. The average molecular weight is 432 g/mol. The normalized spacial score (nSPS) is 18.7. The van der Waals surface area contributed by atoms with Crippen LogP contribution >= 0.6 is 31.9 Å². The maximum atomic E-state index is 12.9. The Bertz CT molecular complexity index is 505. The Labute approximate surface area is 137 Å². The van der Waals surface area contributed by atoms with Gasteiger partial charge in [-0.15, -0.1) is 0 Å². The van der Waals surface area contributed by atoms with E-state index in [0.717, 1.165) is 0 Å². The lowest BCUT2D eigenvalue weighted by molar-refractivity contribution is -0.148. The number of hydrogen-bond acceptors (Lipinski definition) is 3. The van der Waals surface area contributed by atoms with Crippen molar-refractivity contribution in [2.45, 2.75) is 18.6 Å². The van der Waals surface area contributed by atoms with Crippen molar-refractivity contribution in [2.75, 3.05) is 26.2 Å². The Kier molecular flexibility index (Phi) is 5.56.